The monoisotopic (exact) mass is 221 g/mol. The van der Waals surface area contributed by atoms with Crippen LogP contribution in [-0.2, 0) is 6.54 Å². The van der Waals surface area contributed by atoms with Crippen LogP contribution in [0.2, 0.25) is 0 Å². The smallest absolute Gasteiger partial charge is 0.131 e. The summed E-state index contributed by atoms with van der Waals surface area (Å²) in [6, 6.07) is 7.31. The fourth-order valence-corrected chi connectivity index (χ4v) is 2.18. The largest absolute Gasteiger partial charge is 0.316 e. The molecule has 0 atom stereocenters. The Kier molecular flexibility index (Phi) is 3.14. The van der Waals surface area contributed by atoms with Crippen molar-refractivity contribution in [3.63, 3.8) is 0 Å². The molecule has 0 radical (unpaired) electrons. The van der Waals surface area contributed by atoms with E-state index in [1.807, 2.05) is 36.0 Å². The third kappa shape index (κ3) is 2.25. The van der Waals surface area contributed by atoms with Gasteiger partial charge in [-0.15, -0.1) is 0 Å². The molecule has 0 spiro atoms. The number of thiophene rings is 1. The second-order valence-electron chi connectivity index (χ2n) is 3.36. The van der Waals surface area contributed by atoms with E-state index >= 15 is 0 Å². The molecule has 1 aromatic carbocycles. The molecule has 0 amide bonds. The fraction of sp³-hybridized carbons (Fsp3) is 0.167. The normalized spacial score (nSPS) is 10.5. The molecule has 0 saturated heterocycles. The molecule has 15 heavy (non-hydrogen) atoms. The van der Waals surface area contributed by atoms with Crippen LogP contribution in [0.4, 0.5) is 4.39 Å². The van der Waals surface area contributed by atoms with E-state index in [2.05, 4.69) is 5.32 Å². The van der Waals surface area contributed by atoms with E-state index in [1.54, 1.807) is 17.4 Å². The maximum absolute atomic E-state index is 13.7. The second kappa shape index (κ2) is 4.55. The van der Waals surface area contributed by atoms with Gasteiger partial charge in [-0.05, 0) is 41.1 Å². The maximum atomic E-state index is 13.7. The zero-order valence-electron chi connectivity index (χ0n) is 8.46. The Bertz CT molecular complexity index is 437. The van der Waals surface area contributed by atoms with Gasteiger partial charge in [0, 0.05) is 12.1 Å². The fourth-order valence-electron chi connectivity index (χ4n) is 1.52. The van der Waals surface area contributed by atoms with Gasteiger partial charge in [-0.3, -0.25) is 0 Å². The van der Waals surface area contributed by atoms with Crippen molar-refractivity contribution in [3.05, 3.63) is 46.4 Å². The van der Waals surface area contributed by atoms with Crippen molar-refractivity contribution in [1.82, 2.24) is 5.32 Å². The summed E-state index contributed by atoms with van der Waals surface area (Å²) in [5, 5.41) is 6.91. The highest BCUT2D eigenvalue weighted by atomic mass is 32.1. The second-order valence-corrected chi connectivity index (χ2v) is 4.14. The zero-order chi connectivity index (χ0) is 10.7. The summed E-state index contributed by atoms with van der Waals surface area (Å²) in [6.07, 6.45) is 0. The molecule has 0 saturated carbocycles. The van der Waals surface area contributed by atoms with Crippen LogP contribution in [-0.4, -0.2) is 7.05 Å². The average Bonchev–Trinajstić information content (AvgIpc) is 2.71. The predicted molar refractivity (Wildman–Crippen MR) is 62.5 cm³/mol. The Labute approximate surface area is 92.6 Å². The highest BCUT2D eigenvalue weighted by Crippen LogP contribution is 2.25. The molecule has 0 unspecified atom stereocenters. The number of benzene rings is 1. The Morgan fingerprint density at radius 3 is 2.80 bits per heavy atom. The maximum Gasteiger partial charge on any atom is 0.131 e. The van der Waals surface area contributed by atoms with Crippen LogP contribution in [0.15, 0.2) is 35.0 Å². The van der Waals surface area contributed by atoms with E-state index in [0.717, 1.165) is 11.1 Å². The van der Waals surface area contributed by atoms with Crippen LogP contribution in [0.25, 0.3) is 11.1 Å². The zero-order valence-corrected chi connectivity index (χ0v) is 9.27. The lowest BCUT2D eigenvalue weighted by atomic mass is 10.1. The van der Waals surface area contributed by atoms with Gasteiger partial charge < -0.3 is 5.32 Å². The molecule has 0 fully saturated rings. The molecule has 1 aromatic heterocycles. The summed E-state index contributed by atoms with van der Waals surface area (Å²) in [7, 11) is 1.85. The number of hydrogen-bond acceptors (Lipinski definition) is 2. The highest BCUT2D eigenvalue weighted by molar-refractivity contribution is 7.08. The van der Waals surface area contributed by atoms with Crippen molar-refractivity contribution in [1.29, 1.82) is 0 Å². The van der Waals surface area contributed by atoms with Gasteiger partial charge in [0.15, 0.2) is 0 Å². The first-order chi connectivity index (χ1) is 7.31. The Balaban J connectivity index is 2.35. The van der Waals surface area contributed by atoms with Gasteiger partial charge in [-0.2, -0.15) is 11.3 Å². The molecule has 0 aliphatic heterocycles. The van der Waals surface area contributed by atoms with Gasteiger partial charge >= 0.3 is 0 Å². The molecule has 1 nitrogen and oxygen atoms in total. The molecule has 2 rings (SSSR count). The first kappa shape index (κ1) is 10.3. The summed E-state index contributed by atoms with van der Waals surface area (Å²) >= 11 is 1.58. The molecule has 2 aromatic rings. The average molecular weight is 221 g/mol. The van der Waals surface area contributed by atoms with E-state index < -0.39 is 0 Å². The third-order valence-electron chi connectivity index (χ3n) is 2.25. The van der Waals surface area contributed by atoms with Crippen LogP contribution in [0.1, 0.15) is 5.56 Å². The summed E-state index contributed by atoms with van der Waals surface area (Å²) in [4.78, 5) is 0. The van der Waals surface area contributed by atoms with Gasteiger partial charge in [-0.1, -0.05) is 12.1 Å². The van der Waals surface area contributed by atoms with E-state index in [-0.39, 0.29) is 5.82 Å². The molecule has 0 aliphatic carbocycles. The van der Waals surface area contributed by atoms with Crippen molar-refractivity contribution in [2.45, 2.75) is 6.54 Å². The predicted octanol–water partition coefficient (Wildman–Crippen LogP) is 3.27. The Morgan fingerprint density at radius 2 is 2.20 bits per heavy atom. The minimum atomic E-state index is -0.152. The molecular weight excluding hydrogens is 209 g/mol. The first-order valence-electron chi connectivity index (χ1n) is 4.77. The van der Waals surface area contributed by atoms with Gasteiger partial charge in [0.05, 0.1) is 0 Å². The number of halogens is 1. The van der Waals surface area contributed by atoms with Crippen molar-refractivity contribution < 1.29 is 4.39 Å². The summed E-state index contributed by atoms with van der Waals surface area (Å²) < 4.78 is 13.7. The molecule has 0 aliphatic rings. The highest BCUT2D eigenvalue weighted by Gasteiger charge is 2.05. The van der Waals surface area contributed by atoms with Crippen LogP contribution in [0.5, 0.6) is 0 Å². The first-order valence-corrected chi connectivity index (χ1v) is 5.71. The van der Waals surface area contributed by atoms with Crippen LogP contribution in [0, 0.1) is 5.82 Å². The standard InChI is InChI=1S/C12H12FNS/c1-14-7-9-2-3-11(12(13)6-9)10-4-5-15-8-10/h2-6,8,14H,7H2,1H3. The number of rotatable bonds is 3. The topological polar surface area (TPSA) is 12.0 Å². The lowest BCUT2D eigenvalue weighted by Gasteiger charge is -2.04. The van der Waals surface area contributed by atoms with Crippen molar-refractivity contribution in [3.8, 4) is 11.1 Å². The molecular formula is C12H12FNS. The summed E-state index contributed by atoms with van der Waals surface area (Å²) in [5.41, 5.74) is 2.60. The van der Waals surface area contributed by atoms with Gasteiger partial charge in [0.2, 0.25) is 0 Å². The van der Waals surface area contributed by atoms with Gasteiger partial charge in [-0.25, -0.2) is 4.39 Å². The van der Waals surface area contributed by atoms with Crippen LogP contribution in [0.3, 0.4) is 0 Å². The Hall–Kier alpha value is -1.19. The SMILES string of the molecule is CNCc1ccc(-c2ccsc2)c(F)c1. The van der Waals surface area contributed by atoms with Crippen molar-refractivity contribution in [2.24, 2.45) is 0 Å². The van der Waals surface area contributed by atoms with Crippen molar-refractivity contribution in [2.75, 3.05) is 7.05 Å². The molecule has 78 valence electrons. The quantitative estimate of drug-likeness (QED) is 0.838. The summed E-state index contributed by atoms with van der Waals surface area (Å²) in [6.45, 7) is 0.695. The molecule has 1 N–H and O–H groups in total. The Morgan fingerprint density at radius 1 is 1.33 bits per heavy atom. The third-order valence-corrected chi connectivity index (χ3v) is 2.93. The van der Waals surface area contributed by atoms with E-state index in [4.69, 9.17) is 0 Å². The number of nitrogens with one attached hydrogen (secondary N) is 1. The van der Waals surface area contributed by atoms with Crippen LogP contribution >= 0.6 is 11.3 Å². The minimum absolute atomic E-state index is 0.152. The molecule has 0 bridgehead atoms. The number of hydrogen-bond donors (Lipinski definition) is 1. The van der Waals surface area contributed by atoms with Gasteiger partial charge in [0.25, 0.3) is 0 Å². The lowest BCUT2D eigenvalue weighted by molar-refractivity contribution is 0.627. The van der Waals surface area contributed by atoms with Crippen LogP contribution < -0.4 is 5.32 Å². The van der Waals surface area contributed by atoms with E-state index in [9.17, 15) is 4.39 Å². The van der Waals surface area contributed by atoms with Gasteiger partial charge in [0.1, 0.15) is 5.82 Å². The summed E-state index contributed by atoms with van der Waals surface area (Å²) in [5.74, 6) is -0.152. The minimum Gasteiger partial charge on any atom is -0.316 e. The van der Waals surface area contributed by atoms with E-state index in [0.29, 0.717) is 12.1 Å². The molecule has 1 heterocycles. The van der Waals surface area contributed by atoms with E-state index in [1.165, 1.54) is 0 Å². The lowest BCUT2D eigenvalue weighted by Crippen LogP contribution is -2.05. The van der Waals surface area contributed by atoms with Crippen molar-refractivity contribution >= 4 is 11.3 Å². The molecule has 3 heteroatoms.